The van der Waals surface area contributed by atoms with Crippen molar-refractivity contribution in [2.75, 3.05) is 13.6 Å². The van der Waals surface area contributed by atoms with Crippen molar-refractivity contribution in [1.29, 1.82) is 0 Å². The van der Waals surface area contributed by atoms with E-state index < -0.39 is 33.5 Å². The zero-order chi connectivity index (χ0) is 30.4. The normalized spacial score (nSPS) is 23.8. The third-order valence-electron chi connectivity index (χ3n) is 8.31. The molecule has 1 N–H and O–H groups in total. The number of benzene rings is 2. The molecule has 1 saturated heterocycles. The van der Waals surface area contributed by atoms with Gasteiger partial charge in [0.25, 0.3) is 10.0 Å². The number of thiophene rings is 1. The molecule has 2 aliphatic rings. The average Bonchev–Trinajstić information content (AvgIpc) is 3.67. The number of piperidine rings is 1. The summed E-state index contributed by atoms with van der Waals surface area (Å²) in [7, 11) is -2.37. The van der Waals surface area contributed by atoms with Crippen LogP contribution in [0.5, 0.6) is 0 Å². The van der Waals surface area contributed by atoms with Crippen LogP contribution in [0.15, 0.2) is 64.9 Å². The van der Waals surface area contributed by atoms with Gasteiger partial charge in [0.2, 0.25) is 5.91 Å². The first-order chi connectivity index (χ1) is 19.8. The fourth-order valence-electron chi connectivity index (χ4n) is 6.14. The number of carbonyl (C=O) groups excluding carboxylic acids is 1. The quantitative estimate of drug-likeness (QED) is 0.244. The van der Waals surface area contributed by atoms with E-state index in [9.17, 15) is 23.1 Å². The molecule has 224 valence electrons. The van der Waals surface area contributed by atoms with E-state index in [0.29, 0.717) is 14.4 Å². The van der Waals surface area contributed by atoms with Crippen molar-refractivity contribution in [3.8, 4) is 0 Å². The zero-order valence-corrected chi connectivity index (χ0v) is 26.9. The highest BCUT2D eigenvalue weighted by Gasteiger charge is 2.55. The smallest absolute Gasteiger partial charge is 0.304 e. The monoisotopic (exact) mass is 668 g/mol. The second kappa shape index (κ2) is 12.1. The largest absolute Gasteiger partial charge is 0.481 e. The Morgan fingerprint density at radius 1 is 1.07 bits per heavy atom. The van der Waals surface area contributed by atoms with E-state index in [2.05, 4.69) is 0 Å². The predicted molar refractivity (Wildman–Crippen MR) is 166 cm³/mol. The fraction of sp³-hybridized carbons (Fsp3) is 0.400. The van der Waals surface area contributed by atoms with Crippen molar-refractivity contribution >= 4 is 68.0 Å². The molecule has 1 saturated carbocycles. The Hall–Kier alpha value is -2.14. The summed E-state index contributed by atoms with van der Waals surface area (Å²) >= 11 is 19.7. The Balaban J connectivity index is 1.65. The third kappa shape index (κ3) is 6.37. The van der Waals surface area contributed by atoms with Gasteiger partial charge in [0.1, 0.15) is 4.21 Å². The standard InChI is InChI=1S/C30H31Cl3N2O5S2/c1-30(16-26(36)37)15-23(20-4-3-5-22(32)14-20)28(19-8-10-21(31)11-9-19)35(29(30)38)24(18-6-7-18)17-34(2)42(39,40)27-13-12-25(33)41-27/h3-5,8-14,18,23-24,28H,6-7,15-17H2,1-2H3,(H,36,37)/t23-,24-,28-,30-/m1/s1. The number of carboxylic acid groups (broad SMARTS) is 1. The molecule has 7 nitrogen and oxygen atoms in total. The molecule has 1 aliphatic heterocycles. The number of amides is 1. The summed E-state index contributed by atoms with van der Waals surface area (Å²) in [6, 6.07) is 16.7. The summed E-state index contributed by atoms with van der Waals surface area (Å²) in [6.07, 6.45) is 1.59. The van der Waals surface area contributed by atoms with E-state index in [1.807, 2.05) is 30.3 Å². The molecule has 2 aromatic carbocycles. The molecule has 2 fully saturated rings. The molecule has 0 bridgehead atoms. The Morgan fingerprint density at radius 3 is 2.33 bits per heavy atom. The Bertz CT molecular complexity index is 1590. The van der Waals surface area contributed by atoms with Gasteiger partial charge in [0.15, 0.2) is 0 Å². The molecule has 0 unspecified atom stereocenters. The summed E-state index contributed by atoms with van der Waals surface area (Å²) in [5.41, 5.74) is 0.477. The Morgan fingerprint density at radius 2 is 1.76 bits per heavy atom. The maximum atomic E-state index is 14.6. The van der Waals surface area contributed by atoms with E-state index in [0.717, 1.165) is 35.3 Å². The molecular weight excluding hydrogens is 639 g/mol. The van der Waals surface area contributed by atoms with Crippen LogP contribution in [0.25, 0.3) is 0 Å². The summed E-state index contributed by atoms with van der Waals surface area (Å²) in [4.78, 5) is 28.5. The number of hydrogen-bond donors (Lipinski definition) is 1. The maximum Gasteiger partial charge on any atom is 0.304 e. The van der Waals surface area contributed by atoms with E-state index >= 15 is 0 Å². The van der Waals surface area contributed by atoms with Crippen LogP contribution in [0.3, 0.4) is 0 Å². The number of rotatable bonds is 10. The van der Waals surface area contributed by atoms with Gasteiger partial charge in [-0.05, 0) is 72.7 Å². The molecule has 1 amide bonds. The van der Waals surface area contributed by atoms with Gasteiger partial charge < -0.3 is 10.0 Å². The Labute approximate surface area is 265 Å². The van der Waals surface area contributed by atoms with Gasteiger partial charge >= 0.3 is 5.97 Å². The van der Waals surface area contributed by atoms with Crippen LogP contribution in [0.4, 0.5) is 0 Å². The van der Waals surface area contributed by atoms with Gasteiger partial charge in [-0.15, -0.1) is 11.3 Å². The predicted octanol–water partition coefficient (Wildman–Crippen LogP) is 7.35. The van der Waals surface area contributed by atoms with Crippen LogP contribution in [0.2, 0.25) is 14.4 Å². The molecule has 3 aromatic rings. The van der Waals surface area contributed by atoms with Gasteiger partial charge in [-0.3, -0.25) is 9.59 Å². The summed E-state index contributed by atoms with van der Waals surface area (Å²) in [6.45, 7) is 1.74. The average molecular weight is 670 g/mol. The first-order valence-electron chi connectivity index (χ1n) is 13.6. The number of likely N-dealkylation sites (N-methyl/N-ethyl adjacent to an activating group) is 1. The number of hydrogen-bond acceptors (Lipinski definition) is 5. The highest BCUT2D eigenvalue weighted by molar-refractivity contribution is 7.91. The molecule has 12 heteroatoms. The van der Waals surface area contributed by atoms with Crippen molar-refractivity contribution < 1.29 is 23.1 Å². The SMILES string of the molecule is CN(C[C@H](C1CC1)N1C(=O)[C@@](C)(CC(=O)O)C[C@H](c2cccc(Cl)c2)[C@H]1c1ccc(Cl)cc1)S(=O)(=O)c1ccc(Cl)s1. The first-order valence-corrected chi connectivity index (χ1v) is 17.0. The van der Waals surface area contributed by atoms with Crippen LogP contribution in [0, 0.1) is 11.3 Å². The molecular formula is C30H31Cl3N2O5S2. The number of nitrogens with zero attached hydrogens (tertiary/aromatic N) is 2. The van der Waals surface area contributed by atoms with Crippen molar-refractivity contribution in [2.45, 2.75) is 54.8 Å². The van der Waals surface area contributed by atoms with E-state index in [1.165, 1.54) is 17.4 Å². The van der Waals surface area contributed by atoms with Crippen molar-refractivity contribution in [3.63, 3.8) is 0 Å². The topological polar surface area (TPSA) is 95.0 Å². The van der Waals surface area contributed by atoms with Crippen LogP contribution >= 0.6 is 46.1 Å². The number of carbonyl (C=O) groups is 2. The number of carboxylic acids is 1. The molecule has 0 radical (unpaired) electrons. The molecule has 4 atom stereocenters. The molecule has 0 spiro atoms. The number of aliphatic carboxylic acids is 1. The van der Waals surface area contributed by atoms with E-state index in [-0.39, 0.29) is 41.3 Å². The second-order valence-electron chi connectivity index (χ2n) is 11.5. The van der Waals surface area contributed by atoms with E-state index in [4.69, 9.17) is 34.8 Å². The minimum Gasteiger partial charge on any atom is -0.481 e. The van der Waals surface area contributed by atoms with Gasteiger partial charge in [0, 0.05) is 35.6 Å². The minimum atomic E-state index is -3.88. The molecule has 1 aliphatic carbocycles. The van der Waals surface area contributed by atoms with Gasteiger partial charge in [0.05, 0.1) is 22.2 Å². The lowest BCUT2D eigenvalue weighted by Crippen LogP contribution is -2.59. The van der Waals surface area contributed by atoms with E-state index in [1.54, 1.807) is 36.1 Å². The minimum absolute atomic E-state index is 0.0454. The van der Waals surface area contributed by atoms with Crippen molar-refractivity contribution in [3.05, 3.63) is 86.2 Å². The summed E-state index contributed by atoms with van der Waals surface area (Å²) in [5.74, 6) is -1.63. The first kappa shape index (κ1) is 31.3. The molecule has 1 aromatic heterocycles. The van der Waals surface area contributed by atoms with Crippen LogP contribution in [-0.2, 0) is 19.6 Å². The number of likely N-dealkylation sites (tertiary alicyclic amines) is 1. The number of halogens is 3. The Kier molecular flexibility index (Phi) is 9.01. The second-order valence-corrected chi connectivity index (χ2v) is 16.3. The lowest BCUT2D eigenvalue weighted by atomic mass is 9.67. The highest BCUT2D eigenvalue weighted by atomic mass is 35.5. The summed E-state index contributed by atoms with van der Waals surface area (Å²) < 4.78 is 28.8. The molecule has 5 rings (SSSR count). The molecule has 42 heavy (non-hydrogen) atoms. The van der Waals surface area contributed by atoms with Crippen molar-refractivity contribution in [1.82, 2.24) is 9.21 Å². The zero-order valence-electron chi connectivity index (χ0n) is 23.0. The van der Waals surface area contributed by atoms with Gasteiger partial charge in [-0.1, -0.05) is 66.0 Å². The number of sulfonamides is 1. The summed E-state index contributed by atoms with van der Waals surface area (Å²) in [5, 5.41) is 11.0. The highest BCUT2D eigenvalue weighted by Crippen LogP contribution is 2.54. The van der Waals surface area contributed by atoms with Gasteiger partial charge in [-0.25, -0.2) is 8.42 Å². The van der Waals surface area contributed by atoms with Crippen LogP contribution in [0.1, 0.15) is 55.7 Å². The van der Waals surface area contributed by atoms with Crippen LogP contribution in [-0.4, -0.2) is 54.2 Å². The van der Waals surface area contributed by atoms with Gasteiger partial charge in [-0.2, -0.15) is 4.31 Å². The third-order valence-corrected chi connectivity index (χ3v) is 12.3. The maximum absolute atomic E-state index is 14.6. The lowest BCUT2D eigenvalue weighted by Gasteiger charge is -2.52. The molecule has 2 heterocycles. The van der Waals surface area contributed by atoms with Crippen molar-refractivity contribution in [2.24, 2.45) is 11.3 Å². The fourth-order valence-corrected chi connectivity index (χ4v) is 9.35. The lowest BCUT2D eigenvalue weighted by molar-refractivity contribution is -0.161. The van der Waals surface area contributed by atoms with Crippen LogP contribution < -0.4 is 0 Å².